The molecule has 1 aliphatic rings. The van der Waals surface area contributed by atoms with Gasteiger partial charge in [0.2, 0.25) is 5.91 Å². The molecule has 1 saturated heterocycles. The zero-order valence-electron chi connectivity index (χ0n) is 16.7. The molecule has 0 atom stereocenters. The Labute approximate surface area is 175 Å². The minimum atomic E-state index is -0.325. The summed E-state index contributed by atoms with van der Waals surface area (Å²) in [5.41, 5.74) is 0.669. The number of nitrogens with one attached hydrogen (secondary N) is 2. The van der Waals surface area contributed by atoms with Crippen LogP contribution in [0.15, 0.2) is 46.8 Å². The van der Waals surface area contributed by atoms with Crippen molar-refractivity contribution >= 4 is 28.2 Å². The SMILES string of the molecule is CCNC(=NCCNC(=O)Cc1cccc(F)c1)N1CCN(c2cccs2)CC1. The lowest BCUT2D eigenvalue weighted by Crippen LogP contribution is -2.52. The van der Waals surface area contributed by atoms with Crippen molar-refractivity contribution in [2.45, 2.75) is 13.3 Å². The highest BCUT2D eigenvalue weighted by Crippen LogP contribution is 2.22. The van der Waals surface area contributed by atoms with Gasteiger partial charge in [0, 0.05) is 39.3 Å². The van der Waals surface area contributed by atoms with Crippen LogP contribution in [0.3, 0.4) is 0 Å². The average molecular weight is 418 g/mol. The van der Waals surface area contributed by atoms with Gasteiger partial charge in [-0.1, -0.05) is 12.1 Å². The number of amides is 1. The van der Waals surface area contributed by atoms with Gasteiger partial charge in [-0.2, -0.15) is 0 Å². The van der Waals surface area contributed by atoms with Gasteiger partial charge in [-0.15, -0.1) is 11.3 Å². The smallest absolute Gasteiger partial charge is 0.224 e. The number of hydrogen-bond acceptors (Lipinski definition) is 4. The first kappa shape index (κ1) is 21.1. The molecule has 0 saturated carbocycles. The van der Waals surface area contributed by atoms with Crippen LogP contribution in [0.4, 0.5) is 9.39 Å². The number of thiophene rings is 1. The summed E-state index contributed by atoms with van der Waals surface area (Å²) in [5, 5.41) is 9.62. The molecule has 2 heterocycles. The van der Waals surface area contributed by atoms with Crippen LogP contribution >= 0.6 is 11.3 Å². The van der Waals surface area contributed by atoms with Crippen LogP contribution in [0.5, 0.6) is 0 Å². The number of rotatable bonds is 7. The molecule has 0 bridgehead atoms. The number of hydrogen-bond donors (Lipinski definition) is 2. The Balaban J connectivity index is 1.44. The topological polar surface area (TPSA) is 60.0 Å². The Bertz CT molecular complexity index is 803. The van der Waals surface area contributed by atoms with Crippen LogP contribution in [0.2, 0.25) is 0 Å². The molecule has 156 valence electrons. The maximum Gasteiger partial charge on any atom is 0.224 e. The fourth-order valence-corrected chi connectivity index (χ4v) is 4.05. The standard InChI is InChI=1S/C21H28FN5OS/c1-2-23-21(27-12-10-26(11-13-27)20-7-4-14-29-20)25-9-8-24-19(28)16-17-5-3-6-18(22)15-17/h3-7,14-15H,2,8-13,16H2,1H3,(H,23,25)(H,24,28). The van der Waals surface area contributed by atoms with Gasteiger partial charge in [0.1, 0.15) is 5.82 Å². The molecule has 29 heavy (non-hydrogen) atoms. The van der Waals surface area contributed by atoms with Crippen molar-refractivity contribution < 1.29 is 9.18 Å². The van der Waals surface area contributed by atoms with Crippen molar-refractivity contribution in [3.05, 3.63) is 53.2 Å². The number of carbonyl (C=O) groups excluding carboxylic acids is 1. The summed E-state index contributed by atoms with van der Waals surface area (Å²) in [5.74, 6) is 0.437. The number of halogens is 1. The third-order valence-electron chi connectivity index (χ3n) is 4.68. The van der Waals surface area contributed by atoms with Crippen LogP contribution in [0, 0.1) is 5.82 Å². The lowest BCUT2D eigenvalue weighted by atomic mass is 10.1. The average Bonchev–Trinajstić information content (AvgIpc) is 3.25. The van der Waals surface area contributed by atoms with Crippen LogP contribution in [-0.4, -0.2) is 62.6 Å². The van der Waals surface area contributed by atoms with Crippen molar-refractivity contribution in [1.82, 2.24) is 15.5 Å². The molecule has 1 amide bonds. The number of carbonyl (C=O) groups is 1. The van der Waals surface area contributed by atoms with E-state index in [4.69, 9.17) is 0 Å². The summed E-state index contributed by atoms with van der Waals surface area (Å²) in [6.07, 6.45) is 0.173. The second kappa shape index (κ2) is 10.8. The van der Waals surface area contributed by atoms with E-state index < -0.39 is 0 Å². The Hall–Kier alpha value is -2.61. The van der Waals surface area contributed by atoms with Crippen LogP contribution in [0.1, 0.15) is 12.5 Å². The molecule has 1 fully saturated rings. The molecule has 1 aliphatic heterocycles. The molecule has 6 nitrogen and oxygen atoms in total. The van der Waals surface area contributed by atoms with Gasteiger partial charge in [0.15, 0.2) is 5.96 Å². The summed E-state index contributed by atoms with van der Waals surface area (Å²) in [6.45, 7) is 7.57. The van der Waals surface area contributed by atoms with E-state index >= 15 is 0 Å². The maximum absolute atomic E-state index is 13.2. The molecule has 1 aromatic heterocycles. The molecule has 0 radical (unpaired) electrons. The first-order chi connectivity index (χ1) is 14.2. The zero-order valence-corrected chi connectivity index (χ0v) is 17.6. The van der Waals surface area contributed by atoms with E-state index in [1.807, 2.05) is 0 Å². The van der Waals surface area contributed by atoms with Crippen LogP contribution in [0.25, 0.3) is 0 Å². The van der Waals surface area contributed by atoms with Crippen molar-refractivity contribution in [3.8, 4) is 0 Å². The molecule has 3 rings (SSSR count). The van der Waals surface area contributed by atoms with Crippen LogP contribution in [-0.2, 0) is 11.2 Å². The second-order valence-corrected chi connectivity index (χ2v) is 7.74. The Morgan fingerprint density at radius 3 is 2.69 bits per heavy atom. The summed E-state index contributed by atoms with van der Waals surface area (Å²) < 4.78 is 13.2. The first-order valence-corrected chi connectivity index (χ1v) is 10.9. The fourth-order valence-electron chi connectivity index (χ4n) is 3.27. The summed E-state index contributed by atoms with van der Waals surface area (Å²) in [6, 6.07) is 10.4. The molecule has 2 N–H and O–H groups in total. The van der Waals surface area contributed by atoms with Gasteiger partial charge < -0.3 is 20.4 Å². The second-order valence-electron chi connectivity index (χ2n) is 6.82. The van der Waals surface area contributed by atoms with Gasteiger partial charge in [-0.3, -0.25) is 9.79 Å². The number of nitrogens with zero attached hydrogens (tertiary/aromatic N) is 3. The molecule has 1 aromatic carbocycles. The molecular weight excluding hydrogens is 389 g/mol. The van der Waals surface area contributed by atoms with Crippen molar-refractivity contribution in [2.24, 2.45) is 4.99 Å². The lowest BCUT2D eigenvalue weighted by Gasteiger charge is -2.37. The highest BCUT2D eigenvalue weighted by molar-refractivity contribution is 7.14. The Morgan fingerprint density at radius 1 is 1.17 bits per heavy atom. The number of benzene rings is 1. The monoisotopic (exact) mass is 417 g/mol. The minimum Gasteiger partial charge on any atom is -0.360 e. The first-order valence-electron chi connectivity index (χ1n) is 9.98. The van der Waals surface area contributed by atoms with E-state index in [0.29, 0.717) is 18.7 Å². The number of aliphatic imine (C=N–C) groups is 1. The molecule has 0 unspecified atom stereocenters. The molecule has 0 aliphatic carbocycles. The molecule has 8 heteroatoms. The van der Waals surface area contributed by atoms with E-state index in [0.717, 1.165) is 38.7 Å². The van der Waals surface area contributed by atoms with E-state index in [9.17, 15) is 9.18 Å². The van der Waals surface area contributed by atoms with E-state index in [-0.39, 0.29) is 18.1 Å². The highest BCUT2D eigenvalue weighted by Gasteiger charge is 2.20. The zero-order chi connectivity index (χ0) is 20.5. The van der Waals surface area contributed by atoms with E-state index in [1.165, 1.54) is 17.1 Å². The summed E-state index contributed by atoms with van der Waals surface area (Å²) >= 11 is 1.77. The van der Waals surface area contributed by atoms with Gasteiger partial charge in [0.25, 0.3) is 0 Å². The molecular formula is C21H28FN5OS. The van der Waals surface area contributed by atoms with Crippen molar-refractivity contribution in [1.29, 1.82) is 0 Å². The van der Waals surface area contributed by atoms with Gasteiger partial charge in [0.05, 0.1) is 18.0 Å². The van der Waals surface area contributed by atoms with Gasteiger partial charge >= 0.3 is 0 Å². The predicted octanol–water partition coefficient (Wildman–Crippen LogP) is 2.33. The van der Waals surface area contributed by atoms with Crippen LogP contribution < -0.4 is 15.5 Å². The number of piperazine rings is 1. The highest BCUT2D eigenvalue weighted by atomic mass is 32.1. The normalized spacial score (nSPS) is 14.8. The number of anilines is 1. The molecule has 2 aromatic rings. The summed E-state index contributed by atoms with van der Waals surface area (Å²) in [4.78, 5) is 21.4. The Morgan fingerprint density at radius 2 is 2.00 bits per heavy atom. The fraction of sp³-hybridized carbons (Fsp3) is 0.429. The largest absolute Gasteiger partial charge is 0.360 e. The summed E-state index contributed by atoms with van der Waals surface area (Å²) in [7, 11) is 0. The van der Waals surface area contributed by atoms with Gasteiger partial charge in [-0.25, -0.2) is 4.39 Å². The minimum absolute atomic E-state index is 0.125. The van der Waals surface area contributed by atoms with Crippen molar-refractivity contribution in [2.75, 3.05) is 50.7 Å². The predicted molar refractivity (Wildman–Crippen MR) is 117 cm³/mol. The number of guanidine groups is 1. The van der Waals surface area contributed by atoms with Crippen molar-refractivity contribution in [3.63, 3.8) is 0 Å². The lowest BCUT2D eigenvalue weighted by molar-refractivity contribution is -0.120. The molecule has 0 spiro atoms. The third kappa shape index (κ3) is 6.45. The third-order valence-corrected chi connectivity index (χ3v) is 5.61. The van der Waals surface area contributed by atoms with Gasteiger partial charge in [-0.05, 0) is 42.1 Å². The van der Waals surface area contributed by atoms with E-state index in [1.54, 1.807) is 23.5 Å². The Kier molecular flexibility index (Phi) is 7.86. The maximum atomic E-state index is 13.2. The quantitative estimate of drug-likeness (QED) is 0.412. The van der Waals surface area contributed by atoms with E-state index in [2.05, 4.69) is 49.9 Å².